The molecule has 1 aliphatic rings. The van der Waals surface area contributed by atoms with Crippen molar-refractivity contribution in [2.24, 2.45) is 0 Å². The molecule has 0 saturated carbocycles. The molecule has 10 heavy (non-hydrogen) atoms. The Labute approximate surface area is 61.0 Å². The van der Waals surface area contributed by atoms with Crippen molar-refractivity contribution in [2.45, 2.75) is 19.4 Å². The quantitative estimate of drug-likeness (QED) is 0.417. The van der Waals surface area contributed by atoms with Gasteiger partial charge in [0.2, 0.25) is 6.41 Å². The van der Waals surface area contributed by atoms with Crippen molar-refractivity contribution < 1.29 is 9.53 Å². The molecule has 1 heterocycles. The summed E-state index contributed by atoms with van der Waals surface area (Å²) in [4.78, 5) is 12.0. The zero-order valence-corrected chi connectivity index (χ0v) is 6.46. The first kappa shape index (κ1) is 7.54. The molecule has 1 amide bonds. The van der Waals surface area contributed by atoms with Crippen LogP contribution in [0.3, 0.4) is 0 Å². The second-order valence-electron chi connectivity index (χ2n) is 2.91. The summed E-state index contributed by atoms with van der Waals surface area (Å²) in [6.45, 7) is 6.26. The van der Waals surface area contributed by atoms with Crippen molar-refractivity contribution in [2.75, 3.05) is 19.7 Å². The van der Waals surface area contributed by atoms with Gasteiger partial charge in [-0.25, -0.2) is 0 Å². The highest BCUT2D eigenvalue weighted by atomic mass is 16.6. The van der Waals surface area contributed by atoms with Gasteiger partial charge in [0.25, 0.3) is 0 Å². The molecule has 0 bridgehead atoms. The Kier molecular flexibility index (Phi) is 1.94. The molecule has 0 aromatic heterocycles. The number of hydrogen-bond acceptors (Lipinski definition) is 2. The second kappa shape index (κ2) is 2.58. The largest absolute Gasteiger partial charge is 0.368 e. The van der Waals surface area contributed by atoms with Gasteiger partial charge in [-0.15, -0.1) is 0 Å². The van der Waals surface area contributed by atoms with E-state index in [-0.39, 0.29) is 5.60 Å². The summed E-state index contributed by atoms with van der Waals surface area (Å²) in [6.07, 6.45) is 0.868. The number of epoxide rings is 1. The standard InChI is InChI=1S/C7H13NO2/c1-3-8(6-9)4-7(2)5-10-7/h6H,3-5H2,1-2H3. The Hall–Kier alpha value is -0.570. The van der Waals surface area contributed by atoms with Gasteiger partial charge >= 0.3 is 0 Å². The van der Waals surface area contributed by atoms with E-state index in [0.717, 1.165) is 26.1 Å². The molecule has 3 nitrogen and oxygen atoms in total. The lowest BCUT2D eigenvalue weighted by Crippen LogP contribution is -2.31. The molecule has 1 aliphatic heterocycles. The Morgan fingerprint density at radius 3 is 2.70 bits per heavy atom. The van der Waals surface area contributed by atoms with Crippen LogP contribution in [0.5, 0.6) is 0 Å². The smallest absolute Gasteiger partial charge is 0.209 e. The zero-order valence-electron chi connectivity index (χ0n) is 6.46. The Morgan fingerprint density at radius 1 is 1.80 bits per heavy atom. The highest BCUT2D eigenvalue weighted by Gasteiger charge is 2.40. The highest BCUT2D eigenvalue weighted by molar-refractivity contribution is 5.47. The van der Waals surface area contributed by atoms with E-state index in [9.17, 15) is 4.79 Å². The first-order chi connectivity index (χ1) is 4.70. The van der Waals surface area contributed by atoms with Crippen molar-refractivity contribution >= 4 is 6.41 Å². The number of hydrogen-bond donors (Lipinski definition) is 0. The molecule has 0 aromatic rings. The molecular formula is C7H13NO2. The molecule has 0 aromatic carbocycles. The van der Waals surface area contributed by atoms with E-state index in [1.807, 2.05) is 13.8 Å². The summed E-state index contributed by atoms with van der Waals surface area (Å²) in [5.41, 5.74) is -0.0308. The number of likely N-dealkylation sites (N-methyl/N-ethyl adjacent to an activating group) is 1. The second-order valence-corrected chi connectivity index (χ2v) is 2.91. The van der Waals surface area contributed by atoms with E-state index in [0.29, 0.717) is 0 Å². The zero-order chi connectivity index (χ0) is 7.61. The summed E-state index contributed by atoms with van der Waals surface area (Å²) in [7, 11) is 0. The van der Waals surface area contributed by atoms with E-state index >= 15 is 0 Å². The van der Waals surface area contributed by atoms with Crippen LogP contribution in [0, 0.1) is 0 Å². The van der Waals surface area contributed by atoms with Crippen LogP contribution in [-0.2, 0) is 9.53 Å². The first-order valence-electron chi connectivity index (χ1n) is 3.53. The van der Waals surface area contributed by atoms with Gasteiger partial charge in [0.05, 0.1) is 13.2 Å². The summed E-state index contributed by atoms with van der Waals surface area (Å²) in [5, 5.41) is 0. The average Bonchev–Trinajstić information content (AvgIpc) is 2.64. The maximum Gasteiger partial charge on any atom is 0.209 e. The molecular weight excluding hydrogens is 130 g/mol. The van der Waals surface area contributed by atoms with Crippen LogP contribution in [0.4, 0.5) is 0 Å². The van der Waals surface area contributed by atoms with Crippen molar-refractivity contribution in [1.29, 1.82) is 0 Å². The maximum absolute atomic E-state index is 10.3. The minimum Gasteiger partial charge on any atom is -0.368 e. The Bertz CT molecular complexity index is 132. The van der Waals surface area contributed by atoms with Crippen LogP contribution in [-0.4, -0.2) is 36.6 Å². The molecule has 58 valence electrons. The number of rotatable bonds is 4. The monoisotopic (exact) mass is 143 g/mol. The molecule has 0 spiro atoms. The van der Waals surface area contributed by atoms with E-state index in [1.54, 1.807) is 4.90 Å². The van der Waals surface area contributed by atoms with Gasteiger partial charge in [0.15, 0.2) is 0 Å². The molecule has 0 N–H and O–H groups in total. The molecule has 1 atom stereocenters. The van der Waals surface area contributed by atoms with Crippen molar-refractivity contribution in [3.63, 3.8) is 0 Å². The lowest BCUT2D eigenvalue weighted by Gasteiger charge is -2.16. The number of ether oxygens (including phenoxy) is 1. The third-order valence-corrected chi connectivity index (χ3v) is 1.73. The van der Waals surface area contributed by atoms with Crippen LogP contribution >= 0.6 is 0 Å². The van der Waals surface area contributed by atoms with Crippen LogP contribution in [0.15, 0.2) is 0 Å². The summed E-state index contributed by atoms with van der Waals surface area (Å²) in [5.74, 6) is 0. The lowest BCUT2D eigenvalue weighted by atomic mass is 10.2. The van der Waals surface area contributed by atoms with Gasteiger partial charge < -0.3 is 9.64 Å². The SMILES string of the molecule is CCN(C=O)CC1(C)CO1. The fourth-order valence-corrected chi connectivity index (χ4v) is 0.868. The third kappa shape index (κ3) is 1.70. The number of nitrogens with zero attached hydrogens (tertiary/aromatic N) is 1. The molecule has 1 saturated heterocycles. The number of amides is 1. The lowest BCUT2D eigenvalue weighted by molar-refractivity contribution is -0.118. The maximum atomic E-state index is 10.3. The average molecular weight is 143 g/mol. The van der Waals surface area contributed by atoms with Crippen LogP contribution in [0.2, 0.25) is 0 Å². The van der Waals surface area contributed by atoms with Gasteiger partial charge in [-0.3, -0.25) is 4.79 Å². The fourth-order valence-electron chi connectivity index (χ4n) is 0.868. The van der Waals surface area contributed by atoms with E-state index in [4.69, 9.17) is 4.74 Å². The van der Waals surface area contributed by atoms with E-state index < -0.39 is 0 Å². The number of carbonyl (C=O) groups is 1. The summed E-state index contributed by atoms with van der Waals surface area (Å²) >= 11 is 0. The molecule has 1 unspecified atom stereocenters. The van der Waals surface area contributed by atoms with Gasteiger partial charge in [0, 0.05) is 6.54 Å². The van der Waals surface area contributed by atoms with Gasteiger partial charge in [0.1, 0.15) is 5.60 Å². The number of carbonyl (C=O) groups excluding carboxylic acids is 1. The van der Waals surface area contributed by atoms with Crippen LogP contribution in [0.25, 0.3) is 0 Å². The molecule has 1 fully saturated rings. The van der Waals surface area contributed by atoms with E-state index in [1.165, 1.54) is 0 Å². The van der Waals surface area contributed by atoms with Crippen LogP contribution < -0.4 is 0 Å². The summed E-state index contributed by atoms with van der Waals surface area (Å²) < 4.78 is 5.13. The normalized spacial score (nSPS) is 29.8. The minimum atomic E-state index is -0.0308. The Balaban J connectivity index is 2.27. The van der Waals surface area contributed by atoms with Gasteiger partial charge in [-0.05, 0) is 13.8 Å². The molecule has 0 aliphatic carbocycles. The predicted octanol–water partition coefficient (Wildman–Crippen LogP) is 0.254. The van der Waals surface area contributed by atoms with Gasteiger partial charge in [-0.1, -0.05) is 0 Å². The van der Waals surface area contributed by atoms with Crippen molar-refractivity contribution in [1.82, 2.24) is 4.90 Å². The highest BCUT2D eigenvalue weighted by Crippen LogP contribution is 2.26. The molecule has 1 rings (SSSR count). The third-order valence-electron chi connectivity index (χ3n) is 1.73. The van der Waals surface area contributed by atoms with E-state index in [2.05, 4.69) is 0 Å². The first-order valence-corrected chi connectivity index (χ1v) is 3.53. The summed E-state index contributed by atoms with van der Waals surface area (Å²) in [6, 6.07) is 0. The predicted molar refractivity (Wildman–Crippen MR) is 37.7 cm³/mol. The minimum absolute atomic E-state index is 0.0308. The molecule has 3 heteroatoms. The van der Waals surface area contributed by atoms with Crippen molar-refractivity contribution in [3.8, 4) is 0 Å². The Morgan fingerprint density at radius 2 is 2.40 bits per heavy atom. The van der Waals surface area contributed by atoms with Crippen LogP contribution in [0.1, 0.15) is 13.8 Å². The topological polar surface area (TPSA) is 32.8 Å². The van der Waals surface area contributed by atoms with Gasteiger partial charge in [-0.2, -0.15) is 0 Å². The fraction of sp³-hybridized carbons (Fsp3) is 0.857. The van der Waals surface area contributed by atoms with Crippen molar-refractivity contribution in [3.05, 3.63) is 0 Å². The molecule has 0 radical (unpaired) electrons.